The summed E-state index contributed by atoms with van der Waals surface area (Å²) in [5, 5.41) is 9.86. The van der Waals surface area contributed by atoms with Gasteiger partial charge in [0.2, 0.25) is 0 Å². The third-order valence-electron chi connectivity index (χ3n) is 6.12. The summed E-state index contributed by atoms with van der Waals surface area (Å²) in [5.41, 5.74) is 0.0553. The number of carbonyl (C=O) groups is 3. The first kappa shape index (κ1) is 21.3. The smallest absolute Gasteiger partial charge is 0.409 e. The van der Waals surface area contributed by atoms with Crippen molar-refractivity contribution in [3.05, 3.63) is 35.9 Å². The van der Waals surface area contributed by atoms with Gasteiger partial charge in [-0.25, -0.2) is 4.79 Å². The number of hydrogen-bond acceptors (Lipinski definition) is 5. The van der Waals surface area contributed by atoms with Gasteiger partial charge in [-0.15, -0.1) is 0 Å². The van der Waals surface area contributed by atoms with Gasteiger partial charge in [0.1, 0.15) is 11.5 Å². The molecule has 158 valence electrons. The Balaban J connectivity index is 1.85. The molecule has 1 aliphatic carbocycles. The van der Waals surface area contributed by atoms with Gasteiger partial charge in [-0.1, -0.05) is 30.3 Å². The summed E-state index contributed by atoms with van der Waals surface area (Å²) in [6.07, 6.45) is 0.838. The van der Waals surface area contributed by atoms with Crippen molar-refractivity contribution in [1.82, 2.24) is 4.90 Å². The molecule has 1 aromatic rings. The van der Waals surface area contributed by atoms with Gasteiger partial charge in [-0.2, -0.15) is 0 Å². The quantitative estimate of drug-likeness (QED) is 0.759. The number of ether oxygens (including phenoxy) is 2. The largest absolute Gasteiger partial charge is 0.469 e. The van der Waals surface area contributed by atoms with Crippen LogP contribution in [0.15, 0.2) is 30.3 Å². The number of esters is 1. The Labute approximate surface area is 171 Å². The second-order valence-electron chi connectivity index (χ2n) is 8.42. The van der Waals surface area contributed by atoms with Crippen LogP contribution in [0.1, 0.15) is 45.1 Å². The van der Waals surface area contributed by atoms with Crippen LogP contribution in [0.25, 0.3) is 0 Å². The zero-order valence-electron chi connectivity index (χ0n) is 17.2. The Morgan fingerprint density at radius 1 is 1.28 bits per heavy atom. The van der Waals surface area contributed by atoms with Gasteiger partial charge in [-0.3, -0.25) is 14.5 Å². The van der Waals surface area contributed by atoms with Crippen LogP contribution in [0.2, 0.25) is 0 Å². The second kappa shape index (κ2) is 8.53. The molecule has 7 heteroatoms. The van der Waals surface area contributed by atoms with Gasteiger partial charge < -0.3 is 14.6 Å². The van der Waals surface area contributed by atoms with E-state index in [0.29, 0.717) is 25.7 Å². The molecule has 1 heterocycles. The Bertz CT molecular complexity index is 762. The Morgan fingerprint density at radius 3 is 2.59 bits per heavy atom. The molecule has 3 rings (SSSR count). The van der Waals surface area contributed by atoms with Crippen LogP contribution in [0.5, 0.6) is 0 Å². The van der Waals surface area contributed by atoms with E-state index in [9.17, 15) is 19.5 Å². The number of amides is 1. The molecule has 4 unspecified atom stereocenters. The molecule has 1 aromatic carbocycles. The molecule has 2 fully saturated rings. The number of nitrogens with zero attached hydrogens (tertiary/aromatic N) is 1. The van der Waals surface area contributed by atoms with Crippen molar-refractivity contribution in [2.24, 2.45) is 11.8 Å². The van der Waals surface area contributed by atoms with E-state index in [1.54, 1.807) is 13.8 Å². The van der Waals surface area contributed by atoms with Crippen LogP contribution in [-0.2, 0) is 25.5 Å². The fourth-order valence-electron chi connectivity index (χ4n) is 4.80. The maximum absolute atomic E-state index is 12.2. The highest BCUT2D eigenvalue weighted by atomic mass is 16.6. The van der Waals surface area contributed by atoms with E-state index in [0.717, 1.165) is 5.56 Å². The van der Waals surface area contributed by atoms with Crippen molar-refractivity contribution in [2.45, 2.75) is 63.8 Å². The van der Waals surface area contributed by atoms with E-state index in [-0.39, 0.29) is 36.2 Å². The predicted octanol–water partition coefficient (Wildman–Crippen LogP) is 3.26. The van der Waals surface area contributed by atoms with Gasteiger partial charge in [0, 0.05) is 12.8 Å². The minimum Gasteiger partial charge on any atom is -0.469 e. The van der Waals surface area contributed by atoms with Crippen molar-refractivity contribution < 1.29 is 29.0 Å². The predicted molar refractivity (Wildman–Crippen MR) is 105 cm³/mol. The minimum absolute atomic E-state index is 0.0670. The highest BCUT2D eigenvalue weighted by molar-refractivity contribution is 5.85. The van der Waals surface area contributed by atoms with Crippen LogP contribution in [0.4, 0.5) is 4.79 Å². The third kappa shape index (κ3) is 4.61. The molecule has 0 bridgehead atoms. The zero-order chi connectivity index (χ0) is 21.2. The highest BCUT2D eigenvalue weighted by Gasteiger charge is 2.51. The molecule has 0 aromatic heterocycles. The lowest BCUT2D eigenvalue weighted by Crippen LogP contribution is -2.48. The number of carbonyl (C=O) groups excluding carboxylic acids is 2. The molecule has 1 saturated heterocycles. The van der Waals surface area contributed by atoms with Gasteiger partial charge in [0.15, 0.2) is 0 Å². The van der Waals surface area contributed by atoms with Gasteiger partial charge in [0.25, 0.3) is 0 Å². The summed E-state index contributed by atoms with van der Waals surface area (Å²) < 4.78 is 11.1. The van der Waals surface area contributed by atoms with Crippen molar-refractivity contribution in [3.63, 3.8) is 0 Å². The first-order valence-electron chi connectivity index (χ1n) is 10.1. The lowest BCUT2D eigenvalue weighted by Gasteiger charge is -2.32. The summed E-state index contributed by atoms with van der Waals surface area (Å²) in [6, 6.07) is 9.34. The average Bonchev–Trinajstić information content (AvgIpc) is 2.92. The number of rotatable bonds is 5. The van der Waals surface area contributed by atoms with E-state index in [4.69, 9.17) is 9.47 Å². The van der Waals surface area contributed by atoms with Crippen molar-refractivity contribution in [1.29, 1.82) is 0 Å². The number of hydrogen-bond donors (Lipinski definition) is 1. The fraction of sp³-hybridized carbons (Fsp3) is 0.591. The molecule has 0 spiro atoms. The molecule has 7 nitrogen and oxygen atoms in total. The van der Waals surface area contributed by atoms with Crippen molar-refractivity contribution >= 4 is 17.8 Å². The monoisotopic (exact) mass is 403 g/mol. The van der Waals surface area contributed by atoms with E-state index < -0.39 is 17.7 Å². The molecule has 4 atom stereocenters. The molecular formula is C22H29NO6. The average molecular weight is 403 g/mol. The van der Waals surface area contributed by atoms with Gasteiger partial charge in [-0.05, 0) is 44.6 Å². The fourth-order valence-corrected chi connectivity index (χ4v) is 4.80. The Hall–Kier alpha value is -2.41. The molecule has 0 radical (unpaired) electrons. The van der Waals surface area contributed by atoms with Crippen LogP contribution >= 0.6 is 0 Å². The van der Waals surface area contributed by atoms with Crippen LogP contribution in [-0.4, -0.2) is 52.8 Å². The lowest BCUT2D eigenvalue weighted by atomic mass is 9.75. The van der Waals surface area contributed by atoms with Crippen LogP contribution in [0, 0.1) is 11.8 Å². The Kier molecular flexibility index (Phi) is 6.27. The van der Waals surface area contributed by atoms with E-state index in [1.165, 1.54) is 12.0 Å². The lowest BCUT2D eigenvalue weighted by molar-refractivity contribution is -0.152. The standard InChI is InChI=1S/C22H29NO6/c1-22(2)23(21(26)27)18(11-14-7-5-4-6-8-14)19(29-22)12-15-9-10-16(24)13-17(15)20(25)28-3/h4-8,15,17-19H,9-13H2,1-3H3,(H,26,27). The first-order chi connectivity index (χ1) is 13.7. The van der Waals surface area contributed by atoms with E-state index in [2.05, 4.69) is 0 Å². The molecule has 1 amide bonds. The maximum Gasteiger partial charge on any atom is 0.409 e. The molecule has 1 aliphatic heterocycles. The summed E-state index contributed by atoms with van der Waals surface area (Å²) in [7, 11) is 1.33. The van der Waals surface area contributed by atoms with Gasteiger partial charge >= 0.3 is 12.1 Å². The number of benzene rings is 1. The number of carboxylic acid groups (broad SMARTS) is 1. The normalized spacial score (nSPS) is 28.9. The Morgan fingerprint density at radius 2 is 1.97 bits per heavy atom. The number of methoxy groups -OCH3 is 1. The summed E-state index contributed by atoms with van der Waals surface area (Å²) in [5.74, 6) is -0.885. The third-order valence-corrected chi connectivity index (χ3v) is 6.12. The van der Waals surface area contributed by atoms with Crippen LogP contribution < -0.4 is 0 Å². The summed E-state index contributed by atoms with van der Waals surface area (Å²) in [4.78, 5) is 37.6. The molecule has 29 heavy (non-hydrogen) atoms. The number of Topliss-reactive ketones (excluding diaryl/α,β-unsaturated/α-hetero) is 1. The summed E-state index contributed by atoms with van der Waals surface area (Å²) in [6.45, 7) is 3.50. The van der Waals surface area contributed by atoms with E-state index >= 15 is 0 Å². The minimum atomic E-state index is -1.03. The van der Waals surface area contributed by atoms with Gasteiger partial charge in [0.05, 0.1) is 25.2 Å². The SMILES string of the molecule is COC(=O)C1CC(=O)CCC1CC1OC(C)(C)N(C(=O)O)C1Cc1ccccc1. The molecule has 1 saturated carbocycles. The summed E-state index contributed by atoms with van der Waals surface area (Å²) >= 11 is 0. The zero-order valence-corrected chi connectivity index (χ0v) is 17.2. The highest BCUT2D eigenvalue weighted by Crippen LogP contribution is 2.40. The maximum atomic E-state index is 12.2. The molecular weight excluding hydrogens is 374 g/mol. The molecule has 2 aliphatic rings. The first-order valence-corrected chi connectivity index (χ1v) is 10.1. The number of ketones is 1. The van der Waals surface area contributed by atoms with Crippen molar-refractivity contribution in [2.75, 3.05) is 7.11 Å². The topological polar surface area (TPSA) is 93.1 Å². The second-order valence-corrected chi connectivity index (χ2v) is 8.42. The molecule has 1 N–H and O–H groups in total. The van der Waals surface area contributed by atoms with Crippen molar-refractivity contribution in [3.8, 4) is 0 Å². The van der Waals surface area contributed by atoms with E-state index in [1.807, 2.05) is 30.3 Å². The van der Waals surface area contributed by atoms with Crippen LogP contribution in [0.3, 0.4) is 0 Å².